The highest BCUT2D eigenvalue weighted by Crippen LogP contribution is 2.11. The minimum Gasteiger partial charge on any atom is -0.508 e. The molecule has 0 bridgehead atoms. The third kappa shape index (κ3) is 3.99. The Balaban J connectivity index is 2.73. The molecule has 1 aromatic rings. The van der Waals surface area contributed by atoms with Crippen LogP contribution in [0.1, 0.15) is 5.56 Å². The van der Waals surface area contributed by atoms with E-state index in [9.17, 15) is 4.79 Å². The zero-order chi connectivity index (χ0) is 11.3. The number of aliphatic hydroxyl groups is 1. The maximum Gasteiger partial charge on any atom is 0.332 e. The van der Waals surface area contributed by atoms with Gasteiger partial charge in [0, 0.05) is 0 Å². The monoisotopic (exact) mass is 206 g/mol. The first kappa shape index (κ1) is 10.8. The molecule has 15 heavy (non-hydrogen) atoms. The van der Waals surface area contributed by atoms with Gasteiger partial charge in [0.2, 0.25) is 0 Å². The molecule has 0 aliphatic heterocycles. The van der Waals surface area contributed by atoms with E-state index in [1.807, 2.05) is 0 Å². The third-order valence-corrected chi connectivity index (χ3v) is 1.61. The maximum absolute atomic E-state index is 10.2. The van der Waals surface area contributed by atoms with E-state index in [2.05, 4.69) is 0 Å². The highest BCUT2D eigenvalue weighted by atomic mass is 16.4. The summed E-state index contributed by atoms with van der Waals surface area (Å²) in [5, 5.41) is 26.4. The number of benzene rings is 1. The molecule has 0 saturated carbocycles. The van der Waals surface area contributed by atoms with Crippen LogP contribution in [-0.2, 0) is 4.79 Å². The Bertz CT molecular complexity index is 401. The van der Waals surface area contributed by atoms with Crippen LogP contribution >= 0.6 is 0 Å². The summed E-state index contributed by atoms with van der Waals surface area (Å²) in [4.78, 5) is 10.2. The smallest absolute Gasteiger partial charge is 0.332 e. The summed E-state index contributed by atoms with van der Waals surface area (Å²) in [7, 11) is 0. The van der Waals surface area contributed by atoms with E-state index in [0.29, 0.717) is 6.08 Å². The predicted molar refractivity (Wildman–Crippen MR) is 55.5 cm³/mol. The largest absolute Gasteiger partial charge is 0.508 e. The van der Waals surface area contributed by atoms with Crippen LogP contribution in [0.3, 0.4) is 0 Å². The number of rotatable bonds is 3. The Hall–Kier alpha value is -2.23. The Morgan fingerprint density at radius 3 is 2.27 bits per heavy atom. The number of hydrogen-bond acceptors (Lipinski definition) is 3. The van der Waals surface area contributed by atoms with E-state index < -0.39 is 5.97 Å². The molecule has 4 heteroatoms. The summed E-state index contributed by atoms with van der Waals surface area (Å²) in [5.74, 6) is -1.39. The summed E-state index contributed by atoms with van der Waals surface area (Å²) < 4.78 is 0. The molecule has 0 saturated heterocycles. The van der Waals surface area contributed by atoms with Gasteiger partial charge in [-0.25, -0.2) is 4.79 Å². The van der Waals surface area contributed by atoms with E-state index in [1.165, 1.54) is 24.3 Å². The molecular formula is C11H10O4. The van der Waals surface area contributed by atoms with Crippen molar-refractivity contribution in [2.75, 3.05) is 0 Å². The molecule has 0 spiro atoms. The third-order valence-electron chi connectivity index (χ3n) is 1.61. The lowest BCUT2D eigenvalue weighted by atomic mass is 10.2. The van der Waals surface area contributed by atoms with E-state index in [0.717, 1.165) is 5.56 Å². The molecule has 1 rings (SSSR count). The Morgan fingerprint density at radius 2 is 1.73 bits per heavy atom. The lowest BCUT2D eigenvalue weighted by Crippen LogP contribution is -1.89. The van der Waals surface area contributed by atoms with Crippen molar-refractivity contribution < 1.29 is 20.1 Å². The van der Waals surface area contributed by atoms with Gasteiger partial charge >= 0.3 is 5.97 Å². The number of phenolic OH excluding ortho intramolecular Hbond substituents is 1. The molecule has 0 heterocycles. The van der Waals surface area contributed by atoms with Crippen molar-refractivity contribution in [2.45, 2.75) is 0 Å². The van der Waals surface area contributed by atoms with Crippen LogP contribution in [-0.4, -0.2) is 21.3 Å². The lowest BCUT2D eigenvalue weighted by molar-refractivity contribution is -0.131. The minimum absolute atomic E-state index is 0.150. The van der Waals surface area contributed by atoms with Crippen molar-refractivity contribution in [1.29, 1.82) is 0 Å². The molecule has 0 aliphatic carbocycles. The zero-order valence-corrected chi connectivity index (χ0v) is 7.79. The number of hydrogen-bond donors (Lipinski definition) is 3. The van der Waals surface area contributed by atoms with Crippen molar-refractivity contribution in [3.05, 3.63) is 47.7 Å². The SMILES string of the molecule is O=C(O)/C=C(O)/C=C/c1ccc(O)cc1. The van der Waals surface area contributed by atoms with Gasteiger partial charge in [-0.05, 0) is 23.8 Å². The van der Waals surface area contributed by atoms with Crippen LogP contribution in [0.2, 0.25) is 0 Å². The Morgan fingerprint density at radius 1 is 1.13 bits per heavy atom. The Kier molecular flexibility index (Phi) is 3.51. The van der Waals surface area contributed by atoms with Gasteiger partial charge in [-0.1, -0.05) is 18.2 Å². The van der Waals surface area contributed by atoms with E-state index in [1.54, 1.807) is 12.1 Å². The van der Waals surface area contributed by atoms with Crippen molar-refractivity contribution in [1.82, 2.24) is 0 Å². The summed E-state index contributed by atoms with van der Waals surface area (Å²) in [5.41, 5.74) is 0.748. The van der Waals surface area contributed by atoms with Crippen LogP contribution in [0.5, 0.6) is 5.75 Å². The summed E-state index contributed by atoms with van der Waals surface area (Å²) in [6.45, 7) is 0. The second kappa shape index (κ2) is 4.85. The molecule has 3 N–H and O–H groups in total. The van der Waals surface area contributed by atoms with Crippen molar-refractivity contribution in [3.63, 3.8) is 0 Å². The maximum atomic E-state index is 10.2. The second-order valence-corrected chi connectivity index (χ2v) is 2.83. The zero-order valence-electron chi connectivity index (χ0n) is 7.79. The first-order chi connectivity index (χ1) is 7.08. The first-order valence-electron chi connectivity index (χ1n) is 4.18. The highest BCUT2D eigenvalue weighted by Gasteiger charge is 1.92. The predicted octanol–water partition coefficient (Wildman–Crippen LogP) is 1.93. The van der Waals surface area contributed by atoms with E-state index in [-0.39, 0.29) is 11.5 Å². The van der Waals surface area contributed by atoms with E-state index >= 15 is 0 Å². The van der Waals surface area contributed by atoms with Gasteiger partial charge in [0.1, 0.15) is 11.5 Å². The van der Waals surface area contributed by atoms with Crippen LogP contribution in [0.25, 0.3) is 6.08 Å². The molecule has 0 unspecified atom stereocenters. The number of aliphatic carboxylic acids is 1. The van der Waals surface area contributed by atoms with Gasteiger partial charge in [-0.15, -0.1) is 0 Å². The summed E-state index contributed by atoms with van der Waals surface area (Å²) >= 11 is 0. The topological polar surface area (TPSA) is 77.8 Å². The minimum atomic E-state index is -1.21. The molecule has 0 aromatic heterocycles. The quantitative estimate of drug-likeness (QED) is 0.401. The van der Waals surface area contributed by atoms with Crippen LogP contribution < -0.4 is 0 Å². The van der Waals surface area contributed by atoms with Gasteiger partial charge < -0.3 is 15.3 Å². The number of carbonyl (C=O) groups is 1. The first-order valence-corrected chi connectivity index (χ1v) is 4.18. The van der Waals surface area contributed by atoms with Gasteiger partial charge in [-0.2, -0.15) is 0 Å². The molecule has 4 nitrogen and oxygen atoms in total. The van der Waals surface area contributed by atoms with Crippen LogP contribution in [0.4, 0.5) is 0 Å². The van der Waals surface area contributed by atoms with Gasteiger partial charge in [0.15, 0.2) is 0 Å². The van der Waals surface area contributed by atoms with Gasteiger partial charge in [0.25, 0.3) is 0 Å². The van der Waals surface area contributed by atoms with Crippen molar-refractivity contribution in [3.8, 4) is 5.75 Å². The van der Waals surface area contributed by atoms with Crippen molar-refractivity contribution >= 4 is 12.0 Å². The summed E-state index contributed by atoms with van der Waals surface area (Å²) in [6.07, 6.45) is 3.49. The average molecular weight is 206 g/mol. The Labute approximate surface area is 86.4 Å². The number of phenols is 1. The van der Waals surface area contributed by atoms with Crippen LogP contribution in [0, 0.1) is 0 Å². The fraction of sp³-hybridized carbons (Fsp3) is 0. The molecule has 1 aromatic carbocycles. The van der Waals surface area contributed by atoms with Crippen LogP contribution in [0.15, 0.2) is 42.2 Å². The fourth-order valence-corrected chi connectivity index (χ4v) is 0.942. The van der Waals surface area contributed by atoms with Crippen molar-refractivity contribution in [2.24, 2.45) is 0 Å². The average Bonchev–Trinajstić information content (AvgIpc) is 2.16. The number of carboxylic acids is 1. The molecule has 0 radical (unpaired) electrons. The molecule has 0 atom stereocenters. The van der Waals surface area contributed by atoms with Gasteiger partial charge in [-0.3, -0.25) is 0 Å². The summed E-state index contributed by atoms with van der Waals surface area (Å²) in [6, 6.07) is 6.27. The molecule has 0 aliphatic rings. The molecular weight excluding hydrogens is 196 g/mol. The lowest BCUT2D eigenvalue weighted by Gasteiger charge is -1.93. The van der Waals surface area contributed by atoms with E-state index in [4.69, 9.17) is 15.3 Å². The normalized spacial score (nSPS) is 11.9. The molecule has 0 fully saturated rings. The standard InChI is InChI=1S/C11H10O4/c12-9-4-1-8(2-5-9)3-6-10(13)7-11(14)15/h1-7,12-13H,(H,14,15)/b6-3+,10-7-. The van der Waals surface area contributed by atoms with Gasteiger partial charge in [0.05, 0.1) is 6.08 Å². The second-order valence-electron chi connectivity index (χ2n) is 2.83. The molecule has 78 valence electrons. The number of allylic oxidation sites excluding steroid dienone is 1. The number of aliphatic hydroxyl groups excluding tert-OH is 1. The highest BCUT2D eigenvalue weighted by molar-refractivity contribution is 5.81. The number of carboxylic acid groups (broad SMARTS) is 1. The number of aromatic hydroxyl groups is 1. The fourth-order valence-electron chi connectivity index (χ4n) is 0.942. The molecule has 0 amide bonds.